The Labute approximate surface area is 142 Å². The molecule has 21 heavy (non-hydrogen) atoms. The summed E-state index contributed by atoms with van der Waals surface area (Å²) in [6, 6.07) is 2.59. The van der Waals surface area contributed by atoms with Gasteiger partial charge in [0.25, 0.3) is 15.0 Å². The highest BCUT2D eigenvalue weighted by Gasteiger charge is 2.20. The molecule has 118 valence electrons. The van der Waals surface area contributed by atoms with Crippen LogP contribution in [-0.4, -0.2) is 20.9 Å². The maximum absolute atomic E-state index is 12.1. The number of hydrogen-bond donors (Lipinski definition) is 1. The van der Waals surface area contributed by atoms with Crippen LogP contribution in [-0.2, 0) is 9.05 Å². The Hall–Kier alpha value is -0.300. The minimum absolute atomic E-state index is 0.0925. The minimum atomic E-state index is -3.99. The molecule has 1 amide bonds. The molecule has 1 aromatic carbocycles. The smallest absolute Gasteiger partial charge is 0.262 e. The molecule has 0 aliphatic heterocycles. The van der Waals surface area contributed by atoms with E-state index in [2.05, 4.69) is 42.0 Å². The Bertz CT molecular complexity index is 654. The van der Waals surface area contributed by atoms with Crippen molar-refractivity contribution in [1.82, 2.24) is 5.32 Å². The zero-order valence-electron chi connectivity index (χ0n) is 11.8. The molecule has 4 nitrogen and oxygen atoms in total. The van der Waals surface area contributed by atoms with Gasteiger partial charge in [0.15, 0.2) is 0 Å². The monoisotopic (exact) mass is 415 g/mol. The predicted molar refractivity (Wildman–Crippen MR) is 88.6 cm³/mol. The van der Waals surface area contributed by atoms with E-state index in [0.717, 1.165) is 6.42 Å². The van der Waals surface area contributed by atoms with Gasteiger partial charge in [-0.3, -0.25) is 4.79 Å². The van der Waals surface area contributed by atoms with E-state index in [1.165, 1.54) is 12.1 Å². The molecule has 0 aliphatic rings. The van der Waals surface area contributed by atoms with Gasteiger partial charge in [-0.1, -0.05) is 32.4 Å². The Morgan fingerprint density at radius 1 is 1.33 bits per heavy atom. The van der Waals surface area contributed by atoms with E-state index in [0.29, 0.717) is 6.54 Å². The summed E-state index contributed by atoms with van der Waals surface area (Å²) in [6.07, 6.45) is 0.795. The summed E-state index contributed by atoms with van der Waals surface area (Å²) in [4.78, 5) is 11.8. The molecule has 0 unspecified atom stereocenters. The van der Waals surface area contributed by atoms with Crippen molar-refractivity contribution >= 4 is 53.2 Å². The fourth-order valence-electron chi connectivity index (χ4n) is 1.53. The minimum Gasteiger partial charge on any atom is -0.352 e. The van der Waals surface area contributed by atoms with Gasteiger partial charge in [-0.05, 0) is 39.9 Å². The fraction of sp³-hybridized carbons (Fsp3) is 0.462. The fourth-order valence-corrected chi connectivity index (χ4v) is 3.91. The van der Waals surface area contributed by atoms with Crippen molar-refractivity contribution in [2.75, 3.05) is 6.54 Å². The van der Waals surface area contributed by atoms with Crippen LogP contribution in [0, 0.1) is 5.41 Å². The maximum atomic E-state index is 12.1. The van der Waals surface area contributed by atoms with Crippen molar-refractivity contribution in [2.24, 2.45) is 5.41 Å². The average Bonchev–Trinajstić information content (AvgIpc) is 2.29. The summed E-state index contributed by atoms with van der Waals surface area (Å²) in [7, 11) is 1.33. The number of nitrogens with one attached hydrogen (secondary N) is 1. The Morgan fingerprint density at radius 3 is 2.38 bits per heavy atom. The van der Waals surface area contributed by atoms with Gasteiger partial charge in [0, 0.05) is 22.8 Å². The van der Waals surface area contributed by atoms with Crippen molar-refractivity contribution in [1.29, 1.82) is 0 Å². The molecule has 0 spiro atoms. The van der Waals surface area contributed by atoms with E-state index in [9.17, 15) is 13.2 Å². The number of carbonyl (C=O) groups is 1. The number of amides is 1. The normalized spacial score (nSPS) is 12.3. The van der Waals surface area contributed by atoms with Crippen molar-refractivity contribution in [2.45, 2.75) is 32.1 Å². The van der Waals surface area contributed by atoms with Gasteiger partial charge in [-0.25, -0.2) is 8.42 Å². The summed E-state index contributed by atoms with van der Waals surface area (Å²) in [5.41, 5.74) is 0.242. The van der Waals surface area contributed by atoms with Crippen molar-refractivity contribution < 1.29 is 13.2 Å². The van der Waals surface area contributed by atoms with Crippen LogP contribution in [0.15, 0.2) is 21.5 Å². The zero-order chi connectivity index (χ0) is 16.4. The lowest BCUT2D eigenvalue weighted by atomic mass is 9.92. The van der Waals surface area contributed by atoms with Gasteiger partial charge in [0.1, 0.15) is 0 Å². The topological polar surface area (TPSA) is 63.2 Å². The first-order chi connectivity index (χ1) is 9.42. The maximum Gasteiger partial charge on any atom is 0.262 e. The largest absolute Gasteiger partial charge is 0.352 e. The highest BCUT2D eigenvalue weighted by atomic mass is 79.9. The lowest BCUT2D eigenvalue weighted by molar-refractivity contribution is 0.0949. The molecule has 1 aromatic rings. The summed E-state index contributed by atoms with van der Waals surface area (Å²) < 4.78 is 23.1. The second-order valence-electron chi connectivity index (χ2n) is 5.77. The molecule has 8 heteroatoms. The van der Waals surface area contributed by atoms with E-state index >= 15 is 0 Å². The zero-order valence-corrected chi connectivity index (χ0v) is 15.8. The number of rotatable bonds is 4. The molecular weight excluding hydrogens is 401 g/mol. The Balaban J connectivity index is 2.99. The van der Waals surface area contributed by atoms with Crippen LogP contribution in [0.25, 0.3) is 0 Å². The van der Waals surface area contributed by atoms with Crippen LogP contribution in [0.4, 0.5) is 0 Å². The third-order valence-electron chi connectivity index (χ3n) is 2.68. The number of halogens is 3. The molecule has 0 atom stereocenters. The summed E-state index contributed by atoms with van der Waals surface area (Å²) >= 11 is 8.98. The third kappa shape index (κ3) is 5.77. The molecule has 0 bridgehead atoms. The van der Waals surface area contributed by atoms with Crippen LogP contribution in [0.5, 0.6) is 0 Å². The number of benzene rings is 1. The van der Waals surface area contributed by atoms with Crippen LogP contribution >= 0.6 is 38.2 Å². The molecule has 0 saturated heterocycles. The SMILES string of the molecule is CC(C)(C)CCNC(=O)c1cc(Cl)c(Br)c(S(=O)(=O)Cl)c1. The van der Waals surface area contributed by atoms with Gasteiger partial charge in [-0.2, -0.15) is 0 Å². The van der Waals surface area contributed by atoms with E-state index in [-0.39, 0.29) is 25.4 Å². The van der Waals surface area contributed by atoms with Gasteiger partial charge in [0.2, 0.25) is 0 Å². The lowest BCUT2D eigenvalue weighted by Crippen LogP contribution is -2.27. The summed E-state index contributed by atoms with van der Waals surface area (Å²) in [6.45, 7) is 6.68. The molecule has 0 aromatic heterocycles. The quantitative estimate of drug-likeness (QED) is 0.748. The van der Waals surface area contributed by atoms with Crippen LogP contribution in [0.1, 0.15) is 37.6 Å². The van der Waals surface area contributed by atoms with E-state index in [1.807, 2.05) is 0 Å². The second kappa shape index (κ2) is 6.86. The first-order valence-electron chi connectivity index (χ1n) is 6.14. The first-order valence-corrected chi connectivity index (χ1v) is 9.62. The number of hydrogen-bond acceptors (Lipinski definition) is 3. The van der Waals surface area contributed by atoms with Gasteiger partial charge in [0.05, 0.1) is 14.4 Å². The standard InChI is InChI=1S/C13H16BrCl2NO3S/c1-13(2,3)4-5-17-12(18)8-6-9(15)11(14)10(7-8)21(16,19)20/h6-7H,4-5H2,1-3H3,(H,17,18). The third-order valence-corrected chi connectivity index (χ3v) is 5.67. The molecule has 0 fully saturated rings. The predicted octanol–water partition coefficient (Wildman–Crippen LogP) is 4.20. The summed E-state index contributed by atoms with van der Waals surface area (Å²) in [5, 5.41) is 2.84. The van der Waals surface area contributed by atoms with Crippen molar-refractivity contribution in [3.8, 4) is 0 Å². The van der Waals surface area contributed by atoms with E-state index in [4.69, 9.17) is 22.3 Å². The molecule has 0 saturated carbocycles. The highest BCUT2D eigenvalue weighted by molar-refractivity contribution is 9.10. The highest BCUT2D eigenvalue weighted by Crippen LogP contribution is 2.33. The number of carbonyl (C=O) groups excluding carboxylic acids is 1. The molecule has 0 heterocycles. The molecular formula is C13H16BrCl2NO3S. The Morgan fingerprint density at radius 2 is 1.90 bits per heavy atom. The molecule has 0 radical (unpaired) electrons. The second-order valence-corrected chi connectivity index (χ2v) is 9.51. The van der Waals surface area contributed by atoms with E-state index < -0.39 is 15.0 Å². The van der Waals surface area contributed by atoms with Gasteiger partial charge < -0.3 is 5.32 Å². The van der Waals surface area contributed by atoms with Crippen LogP contribution < -0.4 is 5.32 Å². The van der Waals surface area contributed by atoms with E-state index in [1.54, 1.807) is 0 Å². The van der Waals surface area contributed by atoms with Crippen molar-refractivity contribution in [3.63, 3.8) is 0 Å². The molecule has 1 N–H and O–H groups in total. The van der Waals surface area contributed by atoms with Gasteiger partial charge in [-0.15, -0.1) is 0 Å². The molecule has 1 rings (SSSR count). The average molecular weight is 417 g/mol. The van der Waals surface area contributed by atoms with Gasteiger partial charge >= 0.3 is 0 Å². The van der Waals surface area contributed by atoms with Crippen molar-refractivity contribution in [3.05, 3.63) is 27.2 Å². The Kier molecular flexibility index (Phi) is 6.12. The first kappa shape index (κ1) is 18.7. The summed E-state index contributed by atoms with van der Waals surface area (Å²) in [5.74, 6) is -0.393. The van der Waals surface area contributed by atoms with Crippen LogP contribution in [0.3, 0.4) is 0 Å². The molecule has 0 aliphatic carbocycles. The lowest BCUT2D eigenvalue weighted by Gasteiger charge is -2.18. The van der Waals surface area contributed by atoms with Crippen LogP contribution in [0.2, 0.25) is 5.02 Å².